The maximum atomic E-state index is 12.1. The average Bonchev–Trinajstić information content (AvgIpc) is 3.47. The molecule has 5 rings (SSSR count). The second-order valence-corrected chi connectivity index (χ2v) is 8.73. The number of anilines is 2. The van der Waals surface area contributed by atoms with E-state index in [1.807, 2.05) is 55.5 Å². The number of hydrogen-bond donors (Lipinski definition) is 3. The van der Waals surface area contributed by atoms with Gasteiger partial charge in [0.1, 0.15) is 11.4 Å². The minimum Gasteiger partial charge on any atom is -0.477 e. The molecule has 0 bridgehead atoms. The standard InChI is InChI=1S/C26H28N8O2/c1-2-21-22(25(35)36)24(29-26(28-21)34-14-6-3-7-15-34)27-16-17-10-12-18(13-11-17)19-8-4-5-9-20(19)23-30-32-33-31-23/h4-5,8-13H,2-3,6-7,14-16H2,1H3,(H,35,36)(H,27,28,29)(H,30,31,32,33). The number of aromatic carboxylic acids is 1. The van der Waals surface area contributed by atoms with Crippen LogP contribution in [-0.4, -0.2) is 54.8 Å². The largest absolute Gasteiger partial charge is 0.477 e. The van der Waals surface area contributed by atoms with Crippen molar-refractivity contribution in [1.82, 2.24) is 30.6 Å². The molecule has 0 spiro atoms. The molecule has 2 aromatic carbocycles. The van der Waals surface area contributed by atoms with Crippen molar-refractivity contribution in [3.63, 3.8) is 0 Å². The van der Waals surface area contributed by atoms with Crippen LogP contribution in [0.4, 0.5) is 11.8 Å². The Kier molecular flexibility index (Phi) is 6.83. The maximum absolute atomic E-state index is 12.1. The van der Waals surface area contributed by atoms with Crippen molar-refractivity contribution >= 4 is 17.7 Å². The molecule has 1 aliphatic heterocycles. The molecule has 10 nitrogen and oxygen atoms in total. The number of piperidine rings is 1. The molecule has 0 atom stereocenters. The summed E-state index contributed by atoms with van der Waals surface area (Å²) in [5.41, 5.74) is 4.61. The fraction of sp³-hybridized carbons (Fsp3) is 0.308. The maximum Gasteiger partial charge on any atom is 0.341 e. The van der Waals surface area contributed by atoms with E-state index in [-0.39, 0.29) is 5.56 Å². The van der Waals surface area contributed by atoms with Gasteiger partial charge < -0.3 is 15.3 Å². The number of nitrogens with one attached hydrogen (secondary N) is 2. The van der Waals surface area contributed by atoms with Crippen molar-refractivity contribution in [2.45, 2.75) is 39.2 Å². The van der Waals surface area contributed by atoms with E-state index in [1.54, 1.807) is 0 Å². The predicted molar refractivity (Wildman–Crippen MR) is 137 cm³/mol. The van der Waals surface area contributed by atoms with Crippen LogP contribution in [0.25, 0.3) is 22.5 Å². The number of aromatic nitrogens is 6. The number of aryl methyl sites for hydroxylation is 1. The first kappa shape index (κ1) is 23.4. The van der Waals surface area contributed by atoms with Gasteiger partial charge in [-0.25, -0.2) is 9.78 Å². The molecule has 3 heterocycles. The normalized spacial score (nSPS) is 13.5. The first-order chi connectivity index (χ1) is 17.6. The zero-order chi connectivity index (χ0) is 24.9. The smallest absolute Gasteiger partial charge is 0.341 e. The SMILES string of the molecule is CCc1nc(N2CCCCC2)nc(NCc2ccc(-c3ccccc3-c3nn[nH]n3)cc2)c1C(=O)O. The van der Waals surface area contributed by atoms with Crippen LogP contribution in [0.3, 0.4) is 0 Å². The molecule has 10 heteroatoms. The van der Waals surface area contributed by atoms with Crippen LogP contribution in [-0.2, 0) is 13.0 Å². The third kappa shape index (κ3) is 4.88. The van der Waals surface area contributed by atoms with Gasteiger partial charge in [-0.05, 0) is 47.6 Å². The number of carboxylic acid groups (broad SMARTS) is 1. The van der Waals surface area contributed by atoms with Gasteiger partial charge in [0.05, 0.1) is 5.69 Å². The summed E-state index contributed by atoms with van der Waals surface area (Å²) in [6.45, 7) is 4.14. The van der Waals surface area contributed by atoms with Crippen LogP contribution >= 0.6 is 0 Å². The number of rotatable bonds is 8. The van der Waals surface area contributed by atoms with E-state index >= 15 is 0 Å². The molecule has 184 valence electrons. The molecule has 1 aliphatic rings. The van der Waals surface area contributed by atoms with Crippen LogP contribution in [0.5, 0.6) is 0 Å². The third-order valence-electron chi connectivity index (χ3n) is 6.40. The van der Waals surface area contributed by atoms with Crippen molar-refractivity contribution in [3.05, 3.63) is 65.4 Å². The van der Waals surface area contributed by atoms with Crippen LogP contribution in [0.15, 0.2) is 48.5 Å². The van der Waals surface area contributed by atoms with E-state index < -0.39 is 5.97 Å². The summed E-state index contributed by atoms with van der Waals surface area (Å²) in [4.78, 5) is 23.5. The zero-order valence-corrected chi connectivity index (χ0v) is 20.1. The highest BCUT2D eigenvalue weighted by molar-refractivity contribution is 5.94. The van der Waals surface area contributed by atoms with Gasteiger partial charge in [-0.3, -0.25) is 0 Å². The monoisotopic (exact) mass is 484 g/mol. The second-order valence-electron chi connectivity index (χ2n) is 8.73. The van der Waals surface area contributed by atoms with Crippen molar-refractivity contribution in [2.75, 3.05) is 23.3 Å². The first-order valence-electron chi connectivity index (χ1n) is 12.2. The molecule has 0 radical (unpaired) electrons. The van der Waals surface area contributed by atoms with Crippen LogP contribution in [0.2, 0.25) is 0 Å². The zero-order valence-electron chi connectivity index (χ0n) is 20.1. The topological polar surface area (TPSA) is 133 Å². The number of hydrogen-bond acceptors (Lipinski definition) is 8. The Morgan fingerprint density at radius 3 is 2.44 bits per heavy atom. The van der Waals surface area contributed by atoms with Crippen LogP contribution in [0.1, 0.15) is 47.8 Å². The highest BCUT2D eigenvalue weighted by atomic mass is 16.4. The van der Waals surface area contributed by atoms with Gasteiger partial charge in [0.25, 0.3) is 0 Å². The van der Waals surface area contributed by atoms with Gasteiger partial charge >= 0.3 is 5.97 Å². The average molecular weight is 485 g/mol. The van der Waals surface area contributed by atoms with E-state index in [9.17, 15) is 9.90 Å². The van der Waals surface area contributed by atoms with Crippen molar-refractivity contribution in [2.24, 2.45) is 0 Å². The molecule has 2 aromatic heterocycles. The summed E-state index contributed by atoms with van der Waals surface area (Å²) in [6, 6.07) is 16.0. The van der Waals surface area contributed by atoms with Gasteiger partial charge in [-0.2, -0.15) is 10.2 Å². The van der Waals surface area contributed by atoms with E-state index in [0.717, 1.165) is 48.2 Å². The van der Waals surface area contributed by atoms with Gasteiger partial charge in [-0.1, -0.05) is 55.5 Å². The molecular formula is C26H28N8O2. The predicted octanol–water partition coefficient (Wildman–Crippen LogP) is 4.19. The number of carbonyl (C=O) groups is 1. The molecule has 0 amide bonds. The number of aromatic amines is 1. The summed E-state index contributed by atoms with van der Waals surface area (Å²) in [7, 11) is 0. The summed E-state index contributed by atoms with van der Waals surface area (Å²) in [5, 5.41) is 27.5. The lowest BCUT2D eigenvalue weighted by molar-refractivity contribution is 0.0696. The fourth-order valence-electron chi connectivity index (χ4n) is 4.53. The second kappa shape index (κ2) is 10.5. The highest BCUT2D eigenvalue weighted by Crippen LogP contribution is 2.30. The Bertz CT molecular complexity index is 1330. The van der Waals surface area contributed by atoms with Crippen LogP contribution in [0, 0.1) is 0 Å². The minimum absolute atomic E-state index is 0.143. The van der Waals surface area contributed by atoms with Gasteiger partial charge in [0.2, 0.25) is 11.8 Å². The molecule has 0 aliphatic carbocycles. The minimum atomic E-state index is -1.02. The summed E-state index contributed by atoms with van der Waals surface area (Å²) in [6.07, 6.45) is 3.91. The van der Waals surface area contributed by atoms with Crippen molar-refractivity contribution in [3.8, 4) is 22.5 Å². The Labute approximate surface area is 208 Å². The van der Waals surface area contributed by atoms with Crippen molar-refractivity contribution in [1.29, 1.82) is 0 Å². The number of tetrazole rings is 1. The number of nitrogens with zero attached hydrogens (tertiary/aromatic N) is 6. The summed E-state index contributed by atoms with van der Waals surface area (Å²) >= 11 is 0. The molecule has 36 heavy (non-hydrogen) atoms. The van der Waals surface area contributed by atoms with E-state index in [1.165, 1.54) is 6.42 Å². The highest BCUT2D eigenvalue weighted by Gasteiger charge is 2.22. The van der Waals surface area contributed by atoms with Gasteiger partial charge in [0.15, 0.2) is 0 Å². The van der Waals surface area contributed by atoms with Crippen LogP contribution < -0.4 is 10.2 Å². The lowest BCUT2D eigenvalue weighted by atomic mass is 9.98. The lowest BCUT2D eigenvalue weighted by Gasteiger charge is -2.27. The Hall–Kier alpha value is -4.34. The third-order valence-corrected chi connectivity index (χ3v) is 6.40. The molecule has 4 aromatic rings. The Balaban J connectivity index is 1.38. The molecule has 0 saturated carbocycles. The number of benzene rings is 2. The van der Waals surface area contributed by atoms with Gasteiger partial charge in [0, 0.05) is 25.2 Å². The quantitative estimate of drug-likeness (QED) is 0.337. The molecular weight excluding hydrogens is 456 g/mol. The molecule has 1 saturated heterocycles. The molecule has 1 fully saturated rings. The number of H-pyrrole nitrogens is 1. The van der Waals surface area contributed by atoms with Gasteiger partial charge in [-0.15, -0.1) is 10.2 Å². The van der Waals surface area contributed by atoms with Crippen molar-refractivity contribution < 1.29 is 9.90 Å². The fourth-order valence-corrected chi connectivity index (χ4v) is 4.53. The van der Waals surface area contributed by atoms with E-state index in [2.05, 4.69) is 40.8 Å². The Morgan fingerprint density at radius 1 is 1.03 bits per heavy atom. The lowest BCUT2D eigenvalue weighted by Crippen LogP contribution is -2.32. The summed E-state index contributed by atoms with van der Waals surface area (Å²) in [5.74, 6) is 0.486. The summed E-state index contributed by atoms with van der Waals surface area (Å²) < 4.78 is 0. The molecule has 3 N–H and O–H groups in total. The molecule has 0 unspecified atom stereocenters. The first-order valence-corrected chi connectivity index (χ1v) is 12.2. The number of carboxylic acids is 1. The Morgan fingerprint density at radius 2 is 1.78 bits per heavy atom. The van der Waals surface area contributed by atoms with E-state index in [0.29, 0.717) is 36.3 Å². The van der Waals surface area contributed by atoms with E-state index in [4.69, 9.17) is 0 Å².